The van der Waals surface area contributed by atoms with Crippen molar-refractivity contribution in [1.82, 2.24) is 0 Å². The molecule has 6 nitrogen and oxygen atoms in total. The number of rotatable bonds is 50. The van der Waals surface area contributed by atoms with Crippen LogP contribution in [0, 0.1) is 0 Å². The zero-order valence-corrected chi connectivity index (χ0v) is 44.3. The van der Waals surface area contributed by atoms with Gasteiger partial charge < -0.3 is 14.2 Å². The van der Waals surface area contributed by atoms with Crippen molar-refractivity contribution in [2.24, 2.45) is 0 Å². The molecule has 0 fully saturated rings. The van der Waals surface area contributed by atoms with Crippen LogP contribution in [0.5, 0.6) is 0 Å². The Morgan fingerprint density at radius 3 is 0.912 bits per heavy atom. The first-order valence-corrected chi connectivity index (χ1v) is 28.2. The van der Waals surface area contributed by atoms with Gasteiger partial charge >= 0.3 is 17.9 Å². The van der Waals surface area contributed by atoms with Crippen LogP contribution in [-0.2, 0) is 28.6 Å². The van der Waals surface area contributed by atoms with Crippen molar-refractivity contribution in [1.29, 1.82) is 0 Å². The van der Waals surface area contributed by atoms with Crippen LogP contribution < -0.4 is 0 Å². The molecule has 0 aromatic rings. The minimum Gasteiger partial charge on any atom is -0.462 e. The highest BCUT2D eigenvalue weighted by molar-refractivity contribution is 5.71. The van der Waals surface area contributed by atoms with Gasteiger partial charge in [-0.1, -0.05) is 234 Å². The van der Waals surface area contributed by atoms with Crippen molar-refractivity contribution >= 4 is 17.9 Å². The molecule has 1 atom stereocenters. The second kappa shape index (κ2) is 55.9. The van der Waals surface area contributed by atoms with Gasteiger partial charge in [-0.05, 0) is 103 Å². The zero-order chi connectivity index (χ0) is 49.3. The summed E-state index contributed by atoms with van der Waals surface area (Å²) < 4.78 is 16.7. The van der Waals surface area contributed by atoms with E-state index in [0.717, 1.165) is 122 Å². The minimum atomic E-state index is -0.783. The van der Waals surface area contributed by atoms with Gasteiger partial charge in [0.1, 0.15) is 13.2 Å². The first-order chi connectivity index (χ1) is 33.5. The number of hydrogen-bond acceptors (Lipinski definition) is 6. The summed E-state index contributed by atoms with van der Waals surface area (Å²) in [4.78, 5) is 37.8. The summed E-state index contributed by atoms with van der Waals surface area (Å²) in [5.74, 6) is -0.913. The van der Waals surface area contributed by atoms with Crippen LogP contribution in [0.4, 0.5) is 0 Å². The van der Waals surface area contributed by atoms with Gasteiger partial charge in [0.25, 0.3) is 0 Å². The van der Waals surface area contributed by atoms with Crippen molar-refractivity contribution in [3.8, 4) is 0 Å². The second-order valence-corrected chi connectivity index (χ2v) is 18.5. The smallest absolute Gasteiger partial charge is 0.306 e. The van der Waals surface area contributed by atoms with Crippen LogP contribution in [0.1, 0.15) is 258 Å². The molecule has 68 heavy (non-hydrogen) atoms. The van der Waals surface area contributed by atoms with E-state index >= 15 is 0 Å². The normalized spacial score (nSPS) is 12.8. The first-order valence-electron chi connectivity index (χ1n) is 28.2. The highest BCUT2D eigenvalue weighted by atomic mass is 16.6. The van der Waals surface area contributed by atoms with Crippen molar-refractivity contribution in [3.05, 3.63) is 97.2 Å². The van der Waals surface area contributed by atoms with Crippen molar-refractivity contribution in [2.45, 2.75) is 264 Å². The third-order valence-electron chi connectivity index (χ3n) is 11.8. The van der Waals surface area contributed by atoms with Crippen molar-refractivity contribution in [3.63, 3.8) is 0 Å². The molecule has 6 heteroatoms. The predicted octanol–water partition coefficient (Wildman–Crippen LogP) is 18.9. The summed E-state index contributed by atoms with van der Waals surface area (Å²) in [6.45, 7) is 6.44. The van der Waals surface area contributed by atoms with Gasteiger partial charge in [0.15, 0.2) is 6.10 Å². The lowest BCUT2D eigenvalue weighted by atomic mass is 10.1. The fourth-order valence-corrected chi connectivity index (χ4v) is 7.59. The Balaban J connectivity index is 4.16. The molecule has 0 N–H and O–H groups in total. The Kier molecular flexibility index (Phi) is 52.9. The fraction of sp³-hybridized carbons (Fsp3) is 0.694. The molecule has 0 amide bonds. The number of unbranched alkanes of at least 4 members (excludes halogenated alkanes) is 23. The Hall–Kier alpha value is -3.67. The molecule has 0 aliphatic carbocycles. The average molecular weight is 946 g/mol. The molecule has 0 aliphatic rings. The SMILES string of the molecule is CC/C=C\C/C=C\C/C=C\C/C=C\C/C=C\C/C=C\C/C=C\CCCCCCCCCC(=O)OCC(COC(=O)CCCCCCCC)OC(=O)CCCCCCC/C=C\CCCCCCCC. The fourth-order valence-electron chi connectivity index (χ4n) is 7.59. The molecule has 0 saturated carbocycles. The quantitative estimate of drug-likeness (QED) is 0.0262. The summed E-state index contributed by atoms with van der Waals surface area (Å²) >= 11 is 0. The van der Waals surface area contributed by atoms with Gasteiger partial charge in [-0.2, -0.15) is 0 Å². The Morgan fingerprint density at radius 1 is 0.309 bits per heavy atom. The Labute approximate surface area is 419 Å². The molecule has 1 unspecified atom stereocenters. The van der Waals surface area contributed by atoms with Gasteiger partial charge in [-0.3, -0.25) is 14.4 Å². The molecule has 0 spiro atoms. The van der Waals surface area contributed by atoms with E-state index in [0.29, 0.717) is 19.3 Å². The first kappa shape index (κ1) is 64.3. The third kappa shape index (κ3) is 53.3. The molecule has 388 valence electrons. The van der Waals surface area contributed by atoms with Gasteiger partial charge in [0.2, 0.25) is 0 Å². The second-order valence-electron chi connectivity index (χ2n) is 18.5. The van der Waals surface area contributed by atoms with E-state index in [-0.39, 0.29) is 31.1 Å². The molecule has 0 aromatic carbocycles. The highest BCUT2D eigenvalue weighted by Gasteiger charge is 2.19. The number of carbonyl (C=O) groups is 3. The molecule has 0 aliphatic heterocycles. The van der Waals surface area contributed by atoms with E-state index in [1.54, 1.807) is 0 Å². The lowest BCUT2D eigenvalue weighted by molar-refractivity contribution is -0.167. The largest absolute Gasteiger partial charge is 0.462 e. The molecule has 0 saturated heterocycles. The lowest BCUT2D eigenvalue weighted by Crippen LogP contribution is -2.30. The third-order valence-corrected chi connectivity index (χ3v) is 11.8. The van der Waals surface area contributed by atoms with E-state index in [1.807, 2.05) is 0 Å². The zero-order valence-electron chi connectivity index (χ0n) is 44.3. The standard InChI is InChI=1S/C62H104O6/c1-4-7-10-13-16-18-20-22-24-25-26-27-28-29-30-31-32-33-34-35-36-37-39-40-42-44-46-49-52-55-61(64)67-58-59(57-66-60(63)54-51-48-15-12-9-6-3)68-62(65)56-53-50-47-45-43-41-38-23-21-19-17-14-11-8-5-2/h7,10,16,18,22-24,26-27,29-30,32-33,35-36,38,59H,4-6,8-9,11-15,17,19-21,25,28,31,34,37,39-58H2,1-3H3/b10-7-,18-16-,24-22-,27-26-,30-29-,33-32-,36-35-,38-23-. The molecule has 0 radical (unpaired) electrons. The van der Waals surface area contributed by atoms with Crippen LogP contribution in [-0.4, -0.2) is 37.2 Å². The summed E-state index contributed by atoms with van der Waals surface area (Å²) in [7, 11) is 0. The molecule has 0 bridgehead atoms. The molecule has 0 heterocycles. The van der Waals surface area contributed by atoms with E-state index in [1.165, 1.54) is 96.3 Å². The van der Waals surface area contributed by atoms with Crippen LogP contribution in [0.3, 0.4) is 0 Å². The summed E-state index contributed by atoms with van der Waals surface area (Å²) in [6, 6.07) is 0. The van der Waals surface area contributed by atoms with Crippen molar-refractivity contribution in [2.75, 3.05) is 13.2 Å². The summed E-state index contributed by atoms with van der Waals surface area (Å²) in [5.41, 5.74) is 0. The highest BCUT2D eigenvalue weighted by Crippen LogP contribution is 2.14. The van der Waals surface area contributed by atoms with Gasteiger partial charge in [-0.25, -0.2) is 0 Å². The average Bonchev–Trinajstić information content (AvgIpc) is 3.34. The summed E-state index contributed by atoms with van der Waals surface area (Å²) in [6.07, 6.45) is 74.3. The van der Waals surface area contributed by atoms with E-state index in [2.05, 4.69) is 118 Å². The maximum absolute atomic E-state index is 12.8. The molecular formula is C62H104O6. The molecular weight excluding hydrogens is 841 g/mol. The Bertz CT molecular complexity index is 1360. The number of carbonyl (C=O) groups excluding carboxylic acids is 3. The van der Waals surface area contributed by atoms with Crippen LogP contribution in [0.2, 0.25) is 0 Å². The maximum Gasteiger partial charge on any atom is 0.306 e. The minimum absolute atomic E-state index is 0.0840. The number of esters is 3. The van der Waals surface area contributed by atoms with Crippen molar-refractivity contribution < 1.29 is 28.6 Å². The summed E-state index contributed by atoms with van der Waals surface area (Å²) in [5, 5.41) is 0. The van der Waals surface area contributed by atoms with E-state index < -0.39 is 6.10 Å². The number of allylic oxidation sites excluding steroid dienone is 16. The molecule has 0 rings (SSSR count). The molecule has 0 aromatic heterocycles. The van der Waals surface area contributed by atoms with Crippen LogP contribution in [0.25, 0.3) is 0 Å². The Morgan fingerprint density at radius 2 is 0.574 bits per heavy atom. The van der Waals surface area contributed by atoms with Gasteiger partial charge in [-0.15, -0.1) is 0 Å². The van der Waals surface area contributed by atoms with Gasteiger partial charge in [0, 0.05) is 19.3 Å². The number of hydrogen-bond donors (Lipinski definition) is 0. The topological polar surface area (TPSA) is 78.9 Å². The number of ether oxygens (including phenoxy) is 3. The van der Waals surface area contributed by atoms with Crippen LogP contribution in [0.15, 0.2) is 97.2 Å². The maximum atomic E-state index is 12.8. The van der Waals surface area contributed by atoms with Gasteiger partial charge in [0.05, 0.1) is 0 Å². The van der Waals surface area contributed by atoms with E-state index in [9.17, 15) is 14.4 Å². The van der Waals surface area contributed by atoms with Crippen LogP contribution >= 0.6 is 0 Å². The predicted molar refractivity (Wildman–Crippen MR) is 293 cm³/mol. The monoisotopic (exact) mass is 945 g/mol. The van der Waals surface area contributed by atoms with E-state index in [4.69, 9.17) is 14.2 Å². The lowest BCUT2D eigenvalue weighted by Gasteiger charge is -2.18.